The van der Waals surface area contributed by atoms with Crippen LogP contribution in [-0.4, -0.2) is 38.4 Å². The fourth-order valence-corrected chi connectivity index (χ4v) is 5.09. The highest BCUT2D eigenvalue weighted by Crippen LogP contribution is 2.26. The second-order valence-electron chi connectivity index (χ2n) is 6.49. The Morgan fingerprint density at radius 3 is 2.00 bits per heavy atom. The maximum absolute atomic E-state index is 12.9. The van der Waals surface area contributed by atoms with E-state index in [9.17, 15) is 13.2 Å². The number of nitrogens with zero attached hydrogens (tertiary/aromatic N) is 1. The van der Waals surface area contributed by atoms with Crippen LogP contribution in [-0.2, 0) is 14.8 Å². The van der Waals surface area contributed by atoms with Gasteiger partial charge in [0, 0.05) is 26.1 Å². The van der Waals surface area contributed by atoms with Crippen molar-refractivity contribution in [2.45, 2.75) is 58.4 Å². The summed E-state index contributed by atoms with van der Waals surface area (Å²) in [6, 6.07) is 1.91. The zero-order valence-corrected chi connectivity index (χ0v) is 15.4. The molecule has 1 heterocycles. The van der Waals surface area contributed by atoms with Gasteiger partial charge < -0.3 is 4.90 Å². The molecule has 1 fully saturated rings. The van der Waals surface area contributed by atoms with Crippen molar-refractivity contribution in [2.24, 2.45) is 0 Å². The minimum atomic E-state index is -3.56. The van der Waals surface area contributed by atoms with Crippen LogP contribution in [0.2, 0.25) is 0 Å². The summed E-state index contributed by atoms with van der Waals surface area (Å²) in [4.78, 5) is 13.5. The third-order valence-corrected chi connectivity index (χ3v) is 6.62. The fraction of sp³-hybridized carbons (Fsp3) is 0.588. The van der Waals surface area contributed by atoms with E-state index in [2.05, 4.69) is 4.72 Å². The van der Waals surface area contributed by atoms with Crippen molar-refractivity contribution in [1.82, 2.24) is 9.62 Å². The van der Waals surface area contributed by atoms with Gasteiger partial charge in [0.1, 0.15) is 0 Å². The zero-order valence-electron chi connectivity index (χ0n) is 14.6. The van der Waals surface area contributed by atoms with Crippen molar-refractivity contribution < 1.29 is 13.2 Å². The number of likely N-dealkylation sites (tertiary alicyclic amines) is 1. The summed E-state index contributed by atoms with van der Waals surface area (Å²) >= 11 is 0. The Hall–Kier alpha value is -1.40. The van der Waals surface area contributed by atoms with E-state index < -0.39 is 10.0 Å². The van der Waals surface area contributed by atoms with Gasteiger partial charge in [0.05, 0.1) is 4.90 Å². The normalized spacial score (nSPS) is 16.7. The van der Waals surface area contributed by atoms with Crippen LogP contribution in [0.4, 0.5) is 0 Å². The third-order valence-electron chi connectivity index (χ3n) is 4.83. The van der Waals surface area contributed by atoms with Gasteiger partial charge in [-0.3, -0.25) is 4.79 Å². The van der Waals surface area contributed by atoms with Gasteiger partial charge >= 0.3 is 0 Å². The number of sulfonamides is 1. The van der Waals surface area contributed by atoms with E-state index in [-0.39, 0.29) is 11.9 Å². The molecule has 1 amide bonds. The molecule has 6 heteroatoms. The van der Waals surface area contributed by atoms with Gasteiger partial charge in [0.2, 0.25) is 15.9 Å². The molecule has 0 aliphatic carbocycles. The molecule has 0 radical (unpaired) electrons. The van der Waals surface area contributed by atoms with Gasteiger partial charge in [-0.05, 0) is 62.8 Å². The number of benzene rings is 1. The van der Waals surface area contributed by atoms with E-state index in [1.165, 1.54) is 0 Å². The van der Waals surface area contributed by atoms with E-state index in [0.29, 0.717) is 30.8 Å². The fourth-order valence-electron chi connectivity index (χ4n) is 3.17. The number of hydrogen-bond donors (Lipinski definition) is 1. The Morgan fingerprint density at radius 1 is 1.09 bits per heavy atom. The highest BCUT2D eigenvalue weighted by Gasteiger charge is 2.28. The van der Waals surface area contributed by atoms with E-state index in [4.69, 9.17) is 0 Å². The quantitative estimate of drug-likeness (QED) is 0.919. The van der Waals surface area contributed by atoms with Crippen LogP contribution in [0.5, 0.6) is 0 Å². The predicted octanol–water partition coefficient (Wildman–Crippen LogP) is 2.21. The topological polar surface area (TPSA) is 66.5 Å². The maximum Gasteiger partial charge on any atom is 0.241 e. The van der Waals surface area contributed by atoms with E-state index in [1.807, 2.05) is 33.8 Å². The number of nitrogens with one attached hydrogen (secondary N) is 1. The van der Waals surface area contributed by atoms with Gasteiger partial charge in [-0.2, -0.15) is 0 Å². The summed E-state index contributed by atoms with van der Waals surface area (Å²) in [7, 11) is -3.56. The van der Waals surface area contributed by atoms with Crippen molar-refractivity contribution in [2.75, 3.05) is 13.1 Å². The first-order valence-electron chi connectivity index (χ1n) is 7.98. The number of carbonyl (C=O) groups excluding carboxylic acids is 1. The SMILES string of the molecule is CC(=O)N1CCC(NS(=O)(=O)c2c(C)c(C)cc(C)c2C)CC1. The molecule has 128 valence electrons. The molecule has 0 unspecified atom stereocenters. The Kier molecular flexibility index (Phi) is 5.16. The van der Waals surface area contributed by atoms with Crippen LogP contribution in [0.15, 0.2) is 11.0 Å². The molecule has 0 spiro atoms. The average molecular weight is 338 g/mol. The van der Waals surface area contributed by atoms with Crippen molar-refractivity contribution in [3.63, 3.8) is 0 Å². The number of hydrogen-bond acceptors (Lipinski definition) is 3. The Balaban J connectivity index is 2.23. The molecule has 1 aromatic rings. The molecule has 0 bridgehead atoms. The van der Waals surface area contributed by atoms with Gasteiger partial charge in [0.25, 0.3) is 0 Å². The molecule has 0 atom stereocenters. The molecule has 0 saturated carbocycles. The second kappa shape index (κ2) is 6.61. The lowest BCUT2D eigenvalue weighted by Gasteiger charge is -2.31. The minimum Gasteiger partial charge on any atom is -0.343 e. The predicted molar refractivity (Wildman–Crippen MR) is 91.0 cm³/mol. The number of carbonyl (C=O) groups is 1. The molecule has 1 N–H and O–H groups in total. The third kappa shape index (κ3) is 3.75. The largest absolute Gasteiger partial charge is 0.343 e. The summed E-state index contributed by atoms with van der Waals surface area (Å²) in [5, 5.41) is 0. The molecule has 2 rings (SSSR count). The van der Waals surface area contributed by atoms with Crippen LogP contribution in [0, 0.1) is 27.7 Å². The van der Waals surface area contributed by atoms with Crippen LogP contribution in [0.1, 0.15) is 42.0 Å². The smallest absolute Gasteiger partial charge is 0.241 e. The van der Waals surface area contributed by atoms with E-state index >= 15 is 0 Å². The summed E-state index contributed by atoms with van der Waals surface area (Å²) in [6.45, 7) is 10.3. The Labute approximate surface area is 139 Å². The zero-order chi connectivity index (χ0) is 17.4. The van der Waals surface area contributed by atoms with Gasteiger partial charge in [-0.1, -0.05) is 6.07 Å². The van der Waals surface area contributed by atoms with Crippen LogP contribution < -0.4 is 4.72 Å². The first-order valence-corrected chi connectivity index (χ1v) is 9.47. The first kappa shape index (κ1) is 17.9. The molecular weight excluding hydrogens is 312 g/mol. The molecule has 1 aliphatic rings. The maximum atomic E-state index is 12.9. The molecular formula is C17H26N2O3S. The van der Waals surface area contributed by atoms with Crippen LogP contribution in [0.25, 0.3) is 0 Å². The molecule has 5 nitrogen and oxygen atoms in total. The highest BCUT2D eigenvalue weighted by molar-refractivity contribution is 7.89. The standard InChI is InChI=1S/C17H26N2O3S/c1-11-10-12(2)14(4)17(13(11)3)23(21,22)18-16-6-8-19(9-7-16)15(5)20/h10,16,18H,6-9H2,1-5H3. The van der Waals surface area contributed by atoms with Crippen LogP contribution in [0.3, 0.4) is 0 Å². The van der Waals surface area contributed by atoms with Crippen LogP contribution >= 0.6 is 0 Å². The van der Waals surface area contributed by atoms with Gasteiger partial charge in [0.15, 0.2) is 0 Å². The molecule has 23 heavy (non-hydrogen) atoms. The highest BCUT2D eigenvalue weighted by atomic mass is 32.2. The summed E-state index contributed by atoms with van der Waals surface area (Å²) < 4.78 is 28.6. The molecule has 0 aromatic heterocycles. The number of piperidine rings is 1. The first-order chi connectivity index (χ1) is 10.6. The van der Waals surface area contributed by atoms with Crippen molar-refractivity contribution in [1.29, 1.82) is 0 Å². The summed E-state index contributed by atoms with van der Waals surface area (Å²) in [5.41, 5.74) is 3.59. The lowest BCUT2D eigenvalue weighted by Crippen LogP contribution is -2.46. The molecule has 1 aromatic carbocycles. The second-order valence-corrected chi connectivity index (χ2v) is 8.14. The number of rotatable bonds is 3. The molecule has 1 saturated heterocycles. The lowest BCUT2D eigenvalue weighted by molar-refractivity contribution is -0.129. The average Bonchev–Trinajstić information content (AvgIpc) is 2.45. The van der Waals surface area contributed by atoms with E-state index in [0.717, 1.165) is 22.3 Å². The van der Waals surface area contributed by atoms with Crippen molar-refractivity contribution in [3.05, 3.63) is 28.3 Å². The van der Waals surface area contributed by atoms with E-state index in [1.54, 1.807) is 11.8 Å². The summed E-state index contributed by atoms with van der Waals surface area (Å²) in [6.07, 6.45) is 1.31. The van der Waals surface area contributed by atoms with Crippen molar-refractivity contribution >= 4 is 15.9 Å². The minimum absolute atomic E-state index is 0.0484. The van der Waals surface area contributed by atoms with Crippen molar-refractivity contribution in [3.8, 4) is 0 Å². The Bertz CT molecular complexity index is 692. The lowest BCUT2D eigenvalue weighted by atomic mass is 10.0. The molecule has 1 aliphatic heterocycles. The number of aryl methyl sites for hydroxylation is 2. The monoisotopic (exact) mass is 338 g/mol. The van der Waals surface area contributed by atoms with Gasteiger partial charge in [-0.15, -0.1) is 0 Å². The van der Waals surface area contributed by atoms with Gasteiger partial charge in [-0.25, -0.2) is 13.1 Å². The number of amides is 1. The summed E-state index contributed by atoms with van der Waals surface area (Å²) in [5.74, 6) is 0.0484. The Morgan fingerprint density at radius 2 is 1.57 bits per heavy atom.